The number of amides is 2. The van der Waals surface area contributed by atoms with Crippen molar-refractivity contribution < 1.29 is 19.1 Å². The van der Waals surface area contributed by atoms with Crippen LogP contribution in [0.2, 0.25) is 10.0 Å². The summed E-state index contributed by atoms with van der Waals surface area (Å²) < 4.78 is 10.3. The van der Waals surface area contributed by atoms with Gasteiger partial charge in [0.05, 0.1) is 36.4 Å². The summed E-state index contributed by atoms with van der Waals surface area (Å²) in [7, 11) is 2.98. The molecule has 0 aromatic heterocycles. The van der Waals surface area contributed by atoms with E-state index in [0.29, 0.717) is 33.5 Å². The number of rotatable bonds is 7. The third-order valence-electron chi connectivity index (χ3n) is 3.60. The number of nitrogens with zero attached hydrogens (tertiary/aromatic N) is 1. The molecule has 2 aromatic rings. The SMILES string of the molecule is COc1cc(OC)cc(C(=O)NN=C(C)CC(=O)Nc2cccc(Cl)c2Cl)c1. The molecule has 0 spiro atoms. The number of carbonyl (C=O) groups is 2. The first-order valence-corrected chi connectivity index (χ1v) is 8.90. The minimum Gasteiger partial charge on any atom is -0.497 e. The monoisotopic (exact) mass is 423 g/mol. The van der Waals surface area contributed by atoms with Gasteiger partial charge in [-0.1, -0.05) is 29.3 Å². The summed E-state index contributed by atoms with van der Waals surface area (Å²) in [5.74, 6) is 0.142. The molecule has 0 aliphatic carbocycles. The van der Waals surface area contributed by atoms with Gasteiger partial charge in [0.15, 0.2) is 0 Å². The van der Waals surface area contributed by atoms with E-state index in [1.807, 2.05) is 0 Å². The molecule has 0 atom stereocenters. The highest BCUT2D eigenvalue weighted by Crippen LogP contribution is 2.29. The summed E-state index contributed by atoms with van der Waals surface area (Å²) in [6.07, 6.45) is -0.0371. The van der Waals surface area contributed by atoms with E-state index in [-0.39, 0.29) is 17.4 Å². The molecule has 28 heavy (non-hydrogen) atoms. The maximum Gasteiger partial charge on any atom is 0.271 e. The van der Waals surface area contributed by atoms with E-state index >= 15 is 0 Å². The fraction of sp³-hybridized carbons (Fsp3) is 0.211. The van der Waals surface area contributed by atoms with Crippen molar-refractivity contribution in [3.05, 3.63) is 52.0 Å². The molecule has 0 radical (unpaired) electrons. The second-order valence-electron chi connectivity index (χ2n) is 5.72. The number of methoxy groups -OCH3 is 2. The molecule has 0 aliphatic rings. The average molecular weight is 424 g/mol. The fourth-order valence-corrected chi connectivity index (χ4v) is 2.56. The summed E-state index contributed by atoms with van der Waals surface area (Å²) >= 11 is 12.0. The molecule has 7 nitrogen and oxygen atoms in total. The Bertz CT molecular complexity index is 894. The molecular weight excluding hydrogens is 405 g/mol. The maximum atomic E-state index is 12.3. The van der Waals surface area contributed by atoms with Gasteiger partial charge in [-0.2, -0.15) is 5.10 Å². The van der Waals surface area contributed by atoms with E-state index in [1.165, 1.54) is 14.2 Å². The molecule has 0 unspecified atom stereocenters. The van der Waals surface area contributed by atoms with Gasteiger partial charge in [-0.25, -0.2) is 5.43 Å². The Kier molecular flexibility index (Phi) is 7.66. The Morgan fingerprint density at radius 2 is 1.71 bits per heavy atom. The lowest BCUT2D eigenvalue weighted by atomic mass is 10.2. The summed E-state index contributed by atoms with van der Waals surface area (Å²) in [4.78, 5) is 24.4. The summed E-state index contributed by atoms with van der Waals surface area (Å²) in [5.41, 5.74) is 3.51. The zero-order chi connectivity index (χ0) is 20.7. The van der Waals surface area contributed by atoms with E-state index in [1.54, 1.807) is 43.3 Å². The molecule has 0 fully saturated rings. The number of ether oxygens (including phenoxy) is 2. The third-order valence-corrected chi connectivity index (χ3v) is 4.42. The van der Waals surface area contributed by atoms with Crippen LogP contribution in [0.3, 0.4) is 0 Å². The Morgan fingerprint density at radius 1 is 1.07 bits per heavy atom. The van der Waals surface area contributed by atoms with Gasteiger partial charge in [-0.15, -0.1) is 0 Å². The first-order chi connectivity index (χ1) is 13.3. The van der Waals surface area contributed by atoms with Crippen molar-refractivity contribution in [3.63, 3.8) is 0 Å². The van der Waals surface area contributed by atoms with E-state index in [2.05, 4.69) is 15.8 Å². The average Bonchev–Trinajstić information content (AvgIpc) is 2.69. The Hall–Kier alpha value is -2.77. The quantitative estimate of drug-likeness (QED) is 0.517. The first kappa shape index (κ1) is 21.5. The molecule has 0 bridgehead atoms. The number of hydrogen-bond donors (Lipinski definition) is 2. The Morgan fingerprint density at radius 3 is 2.32 bits per heavy atom. The largest absolute Gasteiger partial charge is 0.497 e. The van der Waals surface area contributed by atoms with Crippen LogP contribution in [0, 0.1) is 0 Å². The van der Waals surface area contributed by atoms with Crippen LogP contribution in [0.15, 0.2) is 41.5 Å². The third kappa shape index (κ3) is 5.87. The van der Waals surface area contributed by atoms with E-state index in [0.717, 1.165) is 0 Å². The molecule has 9 heteroatoms. The predicted octanol–water partition coefficient (Wildman–Crippen LogP) is 4.15. The van der Waals surface area contributed by atoms with Crippen LogP contribution in [-0.2, 0) is 4.79 Å². The van der Waals surface area contributed by atoms with E-state index in [9.17, 15) is 9.59 Å². The van der Waals surface area contributed by atoms with Crippen molar-refractivity contribution in [1.29, 1.82) is 0 Å². The molecule has 2 aromatic carbocycles. The van der Waals surface area contributed by atoms with Gasteiger partial charge >= 0.3 is 0 Å². The molecule has 2 N–H and O–H groups in total. The predicted molar refractivity (Wildman–Crippen MR) is 110 cm³/mol. The zero-order valence-corrected chi connectivity index (χ0v) is 17.0. The molecular formula is C19H19Cl2N3O4. The van der Waals surface area contributed by atoms with Crippen LogP contribution in [0.25, 0.3) is 0 Å². The summed E-state index contributed by atoms with van der Waals surface area (Å²) in [5, 5.41) is 7.19. The molecule has 148 valence electrons. The second-order valence-corrected chi connectivity index (χ2v) is 6.50. The minimum absolute atomic E-state index is 0.0371. The highest BCUT2D eigenvalue weighted by Gasteiger charge is 2.11. The van der Waals surface area contributed by atoms with Gasteiger partial charge in [0.2, 0.25) is 5.91 Å². The number of hydrazone groups is 1. The topological polar surface area (TPSA) is 89.0 Å². The zero-order valence-electron chi connectivity index (χ0n) is 15.5. The van der Waals surface area contributed by atoms with Crippen LogP contribution in [0.1, 0.15) is 23.7 Å². The van der Waals surface area contributed by atoms with Gasteiger partial charge in [-0.05, 0) is 31.2 Å². The fourth-order valence-electron chi connectivity index (χ4n) is 2.22. The number of hydrogen-bond acceptors (Lipinski definition) is 5. The number of benzene rings is 2. The van der Waals surface area contributed by atoms with Crippen LogP contribution >= 0.6 is 23.2 Å². The van der Waals surface area contributed by atoms with Gasteiger partial charge in [0.1, 0.15) is 11.5 Å². The van der Waals surface area contributed by atoms with Crippen molar-refractivity contribution in [1.82, 2.24) is 5.43 Å². The normalized spacial score (nSPS) is 11.0. The molecule has 2 amide bonds. The standard InChI is InChI=1S/C19H19Cl2N3O4/c1-11(7-17(25)22-16-6-4-5-15(20)18(16)21)23-24-19(26)12-8-13(27-2)10-14(9-12)28-3/h4-6,8-10H,7H2,1-3H3,(H,22,25)(H,24,26). The van der Waals surface area contributed by atoms with Crippen molar-refractivity contribution in [3.8, 4) is 11.5 Å². The van der Waals surface area contributed by atoms with E-state index < -0.39 is 5.91 Å². The summed E-state index contributed by atoms with van der Waals surface area (Å²) in [6, 6.07) is 9.68. The van der Waals surface area contributed by atoms with Crippen molar-refractivity contribution >= 4 is 46.4 Å². The van der Waals surface area contributed by atoms with Gasteiger partial charge in [0.25, 0.3) is 5.91 Å². The Labute approximate surface area is 172 Å². The van der Waals surface area contributed by atoms with Gasteiger partial charge in [-0.3, -0.25) is 9.59 Å². The van der Waals surface area contributed by atoms with Crippen LogP contribution in [-0.4, -0.2) is 31.7 Å². The molecule has 0 saturated heterocycles. The lowest BCUT2D eigenvalue weighted by molar-refractivity contribution is -0.115. The van der Waals surface area contributed by atoms with Gasteiger partial charge in [0, 0.05) is 17.3 Å². The maximum absolute atomic E-state index is 12.3. The van der Waals surface area contributed by atoms with Crippen molar-refractivity contribution in [2.45, 2.75) is 13.3 Å². The summed E-state index contributed by atoms with van der Waals surface area (Å²) in [6.45, 7) is 1.62. The highest BCUT2D eigenvalue weighted by molar-refractivity contribution is 6.44. The van der Waals surface area contributed by atoms with Crippen LogP contribution < -0.4 is 20.2 Å². The first-order valence-electron chi connectivity index (χ1n) is 8.14. The lowest BCUT2D eigenvalue weighted by Gasteiger charge is -2.09. The van der Waals surface area contributed by atoms with Crippen molar-refractivity contribution in [2.75, 3.05) is 19.5 Å². The van der Waals surface area contributed by atoms with Crippen molar-refractivity contribution in [2.24, 2.45) is 5.10 Å². The van der Waals surface area contributed by atoms with Crippen LogP contribution in [0.4, 0.5) is 5.69 Å². The molecule has 0 aliphatic heterocycles. The molecule has 0 saturated carbocycles. The number of anilines is 1. The number of nitrogens with one attached hydrogen (secondary N) is 2. The second kappa shape index (κ2) is 9.96. The van der Waals surface area contributed by atoms with E-state index in [4.69, 9.17) is 32.7 Å². The molecule has 2 rings (SSSR count). The molecule has 0 heterocycles. The Balaban J connectivity index is 1.99. The van der Waals surface area contributed by atoms with Crippen LogP contribution in [0.5, 0.6) is 11.5 Å². The number of halogens is 2. The van der Waals surface area contributed by atoms with Gasteiger partial charge < -0.3 is 14.8 Å². The smallest absolute Gasteiger partial charge is 0.271 e. The number of carbonyl (C=O) groups excluding carboxylic acids is 2. The lowest BCUT2D eigenvalue weighted by Crippen LogP contribution is -2.21. The highest BCUT2D eigenvalue weighted by atomic mass is 35.5. The minimum atomic E-state index is -0.463.